The summed E-state index contributed by atoms with van der Waals surface area (Å²) >= 11 is 1.84. The summed E-state index contributed by atoms with van der Waals surface area (Å²) < 4.78 is 2.48. The van der Waals surface area contributed by atoms with E-state index in [0.29, 0.717) is 11.5 Å². The fourth-order valence-electron chi connectivity index (χ4n) is 5.83. The fraction of sp³-hybridized carbons (Fsp3) is 0.483. The van der Waals surface area contributed by atoms with Gasteiger partial charge in [0, 0.05) is 61.5 Å². The second kappa shape index (κ2) is 12.4. The molecule has 3 saturated heterocycles. The van der Waals surface area contributed by atoms with Crippen molar-refractivity contribution in [2.45, 2.75) is 42.9 Å². The lowest BCUT2D eigenvalue weighted by Gasteiger charge is -2.37. The number of nitrogen functional groups attached to an aromatic ring is 1. The first kappa shape index (κ1) is 27.5. The van der Waals surface area contributed by atoms with Crippen molar-refractivity contribution in [1.82, 2.24) is 19.4 Å². The third-order valence-electron chi connectivity index (χ3n) is 8.16. The van der Waals surface area contributed by atoms with Crippen molar-refractivity contribution in [2.24, 2.45) is 5.92 Å². The van der Waals surface area contributed by atoms with E-state index in [0.717, 1.165) is 56.3 Å². The minimum Gasteiger partial charge on any atom is -0.399 e. The Labute approximate surface area is 235 Å². The summed E-state index contributed by atoms with van der Waals surface area (Å²) in [6.07, 6.45) is 4.94. The van der Waals surface area contributed by atoms with E-state index >= 15 is 0 Å². The van der Waals surface area contributed by atoms with Gasteiger partial charge >= 0.3 is 6.03 Å². The molecule has 3 aliphatic rings. The zero-order chi connectivity index (χ0) is 27.4. The summed E-state index contributed by atoms with van der Waals surface area (Å²) in [5.41, 5.74) is 9.41. The number of hydrogen-bond acceptors (Lipinski definition) is 8. The molecule has 5 N–H and O–H groups in total. The Morgan fingerprint density at radius 1 is 1.03 bits per heavy atom. The van der Waals surface area contributed by atoms with Crippen molar-refractivity contribution in [2.75, 3.05) is 57.4 Å². The van der Waals surface area contributed by atoms with Crippen molar-refractivity contribution in [1.29, 1.82) is 5.41 Å². The summed E-state index contributed by atoms with van der Waals surface area (Å²) in [4.78, 5) is 28.9. The molecule has 10 heteroatoms. The average molecular weight is 550 g/mol. The molecule has 0 unspecified atom stereocenters. The van der Waals surface area contributed by atoms with Crippen molar-refractivity contribution < 1.29 is 9.59 Å². The van der Waals surface area contributed by atoms with E-state index in [2.05, 4.69) is 44.1 Å². The van der Waals surface area contributed by atoms with Crippen molar-refractivity contribution in [3.8, 4) is 0 Å². The quantitative estimate of drug-likeness (QED) is 0.177. The molecular weight excluding hydrogens is 510 g/mol. The first-order valence-electron chi connectivity index (χ1n) is 13.9. The van der Waals surface area contributed by atoms with Crippen LogP contribution in [0.4, 0.5) is 16.2 Å². The minimum atomic E-state index is -0.527. The number of anilines is 2. The number of nitrogens with zero attached hydrogens (tertiary/aromatic N) is 3. The van der Waals surface area contributed by atoms with Crippen LogP contribution < -0.4 is 16.4 Å². The number of nitrogens with one attached hydrogen (secondary N) is 3. The molecule has 0 aliphatic carbocycles. The van der Waals surface area contributed by atoms with Gasteiger partial charge in [-0.15, -0.1) is 0 Å². The maximum Gasteiger partial charge on any atom is 0.329 e. The summed E-state index contributed by atoms with van der Waals surface area (Å²) in [6, 6.07) is 13.8. The van der Waals surface area contributed by atoms with Crippen molar-refractivity contribution in [3.05, 3.63) is 53.6 Å². The molecule has 9 nitrogen and oxygen atoms in total. The Bertz CT molecular complexity index is 1190. The van der Waals surface area contributed by atoms with Crippen LogP contribution in [-0.2, 0) is 4.79 Å². The molecule has 0 saturated carbocycles. The molecule has 208 valence electrons. The Balaban J connectivity index is 1.10. The maximum absolute atomic E-state index is 12.2. The van der Waals surface area contributed by atoms with Crippen LogP contribution in [0, 0.1) is 11.3 Å². The number of amidine groups is 1. The number of piperidine rings is 2. The molecule has 0 spiro atoms. The van der Waals surface area contributed by atoms with E-state index in [1.807, 2.05) is 37.2 Å². The molecule has 3 heterocycles. The van der Waals surface area contributed by atoms with Crippen LogP contribution in [0.5, 0.6) is 0 Å². The number of carbonyl (C=O) groups excluding carboxylic acids is 2. The molecule has 0 aromatic heterocycles. The molecule has 2 aromatic carbocycles. The van der Waals surface area contributed by atoms with E-state index in [-0.39, 0.29) is 24.7 Å². The summed E-state index contributed by atoms with van der Waals surface area (Å²) in [7, 11) is 1.85. The molecule has 39 heavy (non-hydrogen) atoms. The van der Waals surface area contributed by atoms with Crippen molar-refractivity contribution in [3.63, 3.8) is 0 Å². The fourth-order valence-corrected chi connectivity index (χ4v) is 6.78. The highest BCUT2D eigenvalue weighted by Crippen LogP contribution is 2.33. The Morgan fingerprint density at radius 3 is 2.41 bits per heavy atom. The van der Waals surface area contributed by atoms with Crippen LogP contribution in [0.2, 0.25) is 0 Å². The number of imide groups is 1. The number of rotatable bonds is 7. The van der Waals surface area contributed by atoms with Gasteiger partial charge in [0.05, 0.1) is 0 Å². The number of likely N-dealkylation sites (tertiary alicyclic amines) is 1. The molecule has 5 rings (SSSR count). The zero-order valence-electron chi connectivity index (χ0n) is 22.6. The van der Waals surface area contributed by atoms with Gasteiger partial charge in [-0.05, 0) is 105 Å². The first-order valence-corrected chi connectivity index (χ1v) is 14.7. The van der Waals surface area contributed by atoms with Gasteiger partial charge in [0.2, 0.25) is 5.91 Å². The van der Waals surface area contributed by atoms with Gasteiger partial charge in [-0.2, -0.15) is 0 Å². The number of amides is 3. The smallest absolute Gasteiger partial charge is 0.329 e. The van der Waals surface area contributed by atoms with Gasteiger partial charge in [0.25, 0.3) is 0 Å². The Hall–Kier alpha value is -3.08. The van der Waals surface area contributed by atoms with Crippen LogP contribution in [0.25, 0.3) is 0 Å². The standard InChI is InChI=1S/C29H39N7O2S/c1-32-26-18-22(2-7-25(26)28(31)36-17-12-27(37)33-29(36)38)21-10-13-34(14-11-21)19-20-8-15-35(16-9-20)39-24-5-3-23(30)4-6-24/h2-7,18,20-21,31-32H,8-17,19,30H2,1H3,(H,33,37,38). The second-order valence-corrected chi connectivity index (χ2v) is 11.9. The Morgan fingerprint density at radius 2 is 1.74 bits per heavy atom. The third kappa shape index (κ3) is 6.74. The third-order valence-corrected chi connectivity index (χ3v) is 9.26. The van der Waals surface area contributed by atoms with Gasteiger partial charge in [-0.3, -0.25) is 20.4 Å². The molecule has 2 aromatic rings. The van der Waals surface area contributed by atoms with Gasteiger partial charge < -0.3 is 16.0 Å². The molecule has 3 fully saturated rings. The zero-order valence-corrected chi connectivity index (χ0v) is 23.4. The highest BCUT2D eigenvalue weighted by molar-refractivity contribution is 7.97. The lowest BCUT2D eigenvalue weighted by molar-refractivity contribution is -0.121. The van der Waals surface area contributed by atoms with Gasteiger partial charge in [-0.25, -0.2) is 9.10 Å². The number of nitrogens with two attached hydrogens (primary N) is 1. The van der Waals surface area contributed by atoms with E-state index in [1.165, 1.54) is 34.7 Å². The molecule has 0 bridgehead atoms. The van der Waals surface area contributed by atoms with Crippen LogP contribution in [0.3, 0.4) is 0 Å². The lowest BCUT2D eigenvalue weighted by Crippen LogP contribution is -2.52. The normalized spacial score (nSPS) is 20.2. The monoisotopic (exact) mass is 549 g/mol. The molecule has 3 aliphatic heterocycles. The molecule has 3 amide bonds. The van der Waals surface area contributed by atoms with E-state index < -0.39 is 6.03 Å². The number of carbonyl (C=O) groups is 2. The second-order valence-electron chi connectivity index (χ2n) is 10.8. The highest BCUT2D eigenvalue weighted by atomic mass is 32.2. The summed E-state index contributed by atoms with van der Waals surface area (Å²) in [5.74, 6) is 1.07. The highest BCUT2D eigenvalue weighted by Gasteiger charge is 2.29. The maximum atomic E-state index is 12.2. The number of urea groups is 1. The van der Waals surface area contributed by atoms with Crippen molar-refractivity contribution >= 4 is 41.1 Å². The van der Waals surface area contributed by atoms with Gasteiger partial charge in [-0.1, -0.05) is 6.07 Å². The van der Waals surface area contributed by atoms with Gasteiger partial charge in [0.1, 0.15) is 5.84 Å². The lowest BCUT2D eigenvalue weighted by atomic mass is 9.87. The summed E-state index contributed by atoms with van der Waals surface area (Å²) in [6.45, 7) is 5.89. The van der Waals surface area contributed by atoms with E-state index in [9.17, 15) is 9.59 Å². The molecule has 0 radical (unpaired) electrons. The SMILES string of the molecule is CNc1cc(C2CCN(CC3CCN(Sc4ccc(N)cc4)CC3)CC2)ccc1C(=N)N1CCC(=O)NC1=O. The van der Waals surface area contributed by atoms with Crippen LogP contribution in [0.1, 0.15) is 49.1 Å². The first-order chi connectivity index (χ1) is 18.9. The van der Waals surface area contributed by atoms with E-state index in [1.54, 1.807) is 0 Å². The average Bonchev–Trinajstić information content (AvgIpc) is 2.95. The predicted octanol–water partition coefficient (Wildman–Crippen LogP) is 4.18. The van der Waals surface area contributed by atoms with Crippen LogP contribution in [0.15, 0.2) is 47.4 Å². The van der Waals surface area contributed by atoms with Crippen LogP contribution >= 0.6 is 11.9 Å². The molecule has 0 atom stereocenters. The topological polar surface area (TPSA) is 118 Å². The number of benzene rings is 2. The molecular formula is C29H39N7O2S. The van der Waals surface area contributed by atoms with Crippen LogP contribution in [-0.4, -0.2) is 78.2 Å². The predicted molar refractivity (Wildman–Crippen MR) is 157 cm³/mol. The Kier molecular flexibility index (Phi) is 8.74. The number of hydrogen-bond donors (Lipinski definition) is 4. The van der Waals surface area contributed by atoms with E-state index in [4.69, 9.17) is 11.1 Å². The largest absolute Gasteiger partial charge is 0.399 e. The summed E-state index contributed by atoms with van der Waals surface area (Å²) in [5, 5.41) is 14.1. The van der Waals surface area contributed by atoms with Gasteiger partial charge in [0.15, 0.2) is 0 Å². The minimum absolute atomic E-state index is 0.114.